The summed E-state index contributed by atoms with van der Waals surface area (Å²) in [5.74, 6) is -0.0736. The molecule has 4 rings (SSSR count). The molecule has 7 heteroatoms. The highest BCUT2D eigenvalue weighted by molar-refractivity contribution is 6.29. The van der Waals surface area contributed by atoms with Gasteiger partial charge in [-0.1, -0.05) is 24.4 Å². The lowest BCUT2D eigenvalue weighted by molar-refractivity contribution is 0.0939. The maximum atomic E-state index is 12.8. The van der Waals surface area contributed by atoms with Crippen LogP contribution in [-0.4, -0.2) is 31.7 Å². The SMILES string of the molecule is Cn1ncc2c(C(=O)NC3CCCC3)cc(-c3ccc(Cl)nc3)nc21. The third-order valence-electron chi connectivity index (χ3n) is 4.66. The molecule has 25 heavy (non-hydrogen) atoms. The van der Waals surface area contributed by atoms with E-state index in [-0.39, 0.29) is 11.9 Å². The Labute approximate surface area is 150 Å². The lowest BCUT2D eigenvalue weighted by Crippen LogP contribution is -2.32. The van der Waals surface area contributed by atoms with E-state index in [0.29, 0.717) is 22.1 Å². The number of nitrogens with one attached hydrogen (secondary N) is 1. The molecule has 0 saturated heterocycles. The Hall–Kier alpha value is -2.47. The topological polar surface area (TPSA) is 72.7 Å². The van der Waals surface area contributed by atoms with E-state index in [4.69, 9.17) is 11.6 Å². The molecule has 6 nitrogen and oxygen atoms in total. The molecule has 0 unspecified atom stereocenters. The number of aromatic nitrogens is 4. The second kappa shape index (κ2) is 6.44. The summed E-state index contributed by atoms with van der Waals surface area (Å²) in [6, 6.07) is 5.62. The van der Waals surface area contributed by atoms with Crippen LogP contribution < -0.4 is 5.32 Å². The van der Waals surface area contributed by atoms with E-state index in [1.165, 1.54) is 12.8 Å². The molecule has 0 spiro atoms. The molecule has 1 amide bonds. The number of pyridine rings is 2. The number of fused-ring (bicyclic) bond motifs is 1. The summed E-state index contributed by atoms with van der Waals surface area (Å²) < 4.78 is 1.68. The van der Waals surface area contributed by atoms with E-state index >= 15 is 0 Å². The van der Waals surface area contributed by atoms with Gasteiger partial charge < -0.3 is 5.32 Å². The zero-order valence-corrected chi connectivity index (χ0v) is 14.6. The highest BCUT2D eigenvalue weighted by atomic mass is 35.5. The van der Waals surface area contributed by atoms with Crippen molar-refractivity contribution in [2.24, 2.45) is 7.05 Å². The van der Waals surface area contributed by atoms with Crippen LogP contribution in [0.15, 0.2) is 30.6 Å². The lowest BCUT2D eigenvalue weighted by Gasteiger charge is -2.13. The standard InChI is InChI=1S/C18H18ClN5O/c1-24-17-14(10-21-24)13(18(25)22-12-4-2-3-5-12)8-15(23-17)11-6-7-16(19)20-9-11/h6-10,12H,2-5H2,1H3,(H,22,25). The summed E-state index contributed by atoms with van der Waals surface area (Å²) in [4.78, 5) is 21.6. The van der Waals surface area contributed by atoms with Gasteiger partial charge in [0.2, 0.25) is 0 Å². The molecule has 128 valence electrons. The van der Waals surface area contributed by atoms with Crippen molar-refractivity contribution in [2.45, 2.75) is 31.7 Å². The van der Waals surface area contributed by atoms with Crippen molar-refractivity contribution in [3.8, 4) is 11.3 Å². The quantitative estimate of drug-likeness (QED) is 0.731. The van der Waals surface area contributed by atoms with Crippen LogP contribution in [0.1, 0.15) is 36.0 Å². The van der Waals surface area contributed by atoms with Crippen molar-refractivity contribution >= 4 is 28.5 Å². The summed E-state index contributed by atoms with van der Waals surface area (Å²) >= 11 is 5.87. The Morgan fingerprint density at radius 3 is 2.80 bits per heavy atom. The predicted molar refractivity (Wildman–Crippen MR) is 96.5 cm³/mol. The Kier molecular flexibility index (Phi) is 4.13. The normalized spacial score (nSPS) is 15.0. The number of halogens is 1. The Morgan fingerprint density at radius 2 is 2.08 bits per heavy atom. The van der Waals surface area contributed by atoms with Crippen LogP contribution in [-0.2, 0) is 7.05 Å². The van der Waals surface area contributed by atoms with E-state index < -0.39 is 0 Å². The van der Waals surface area contributed by atoms with Crippen LogP contribution in [0.3, 0.4) is 0 Å². The molecule has 3 heterocycles. The van der Waals surface area contributed by atoms with E-state index in [1.807, 2.05) is 13.1 Å². The Balaban J connectivity index is 1.78. The lowest BCUT2D eigenvalue weighted by atomic mass is 10.1. The average molecular weight is 356 g/mol. The number of nitrogens with zero attached hydrogens (tertiary/aromatic N) is 4. The van der Waals surface area contributed by atoms with Crippen molar-refractivity contribution in [2.75, 3.05) is 0 Å². The fraction of sp³-hybridized carbons (Fsp3) is 0.333. The number of rotatable bonds is 3. The van der Waals surface area contributed by atoms with Gasteiger partial charge in [-0.25, -0.2) is 9.97 Å². The minimum atomic E-state index is -0.0736. The van der Waals surface area contributed by atoms with Crippen LogP contribution in [0.2, 0.25) is 5.15 Å². The zero-order chi connectivity index (χ0) is 17.4. The first-order chi connectivity index (χ1) is 12.1. The number of hydrogen-bond donors (Lipinski definition) is 1. The fourth-order valence-corrected chi connectivity index (χ4v) is 3.42. The maximum Gasteiger partial charge on any atom is 0.252 e. The maximum absolute atomic E-state index is 12.8. The molecule has 1 saturated carbocycles. The van der Waals surface area contributed by atoms with Crippen molar-refractivity contribution < 1.29 is 4.79 Å². The van der Waals surface area contributed by atoms with Crippen LogP contribution in [0.25, 0.3) is 22.3 Å². The van der Waals surface area contributed by atoms with Gasteiger partial charge in [0, 0.05) is 24.8 Å². The number of carbonyl (C=O) groups excluding carboxylic acids is 1. The van der Waals surface area contributed by atoms with E-state index in [9.17, 15) is 4.79 Å². The first-order valence-electron chi connectivity index (χ1n) is 8.37. The largest absolute Gasteiger partial charge is 0.349 e. The van der Waals surface area contributed by atoms with Crippen LogP contribution >= 0.6 is 11.6 Å². The summed E-state index contributed by atoms with van der Waals surface area (Å²) in [5, 5.41) is 8.58. The van der Waals surface area contributed by atoms with Gasteiger partial charge in [0.1, 0.15) is 5.15 Å². The number of carbonyl (C=O) groups is 1. The number of amides is 1. The summed E-state index contributed by atoms with van der Waals surface area (Å²) in [5.41, 5.74) is 2.75. The molecule has 1 fully saturated rings. The molecule has 1 aliphatic carbocycles. The second-order valence-corrected chi connectivity index (χ2v) is 6.77. The third kappa shape index (κ3) is 3.09. The molecule has 3 aromatic heterocycles. The number of aryl methyl sites for hydroxylation is 1. The Morgan fingerprint density at radius 1 is 1.28 bits per heavy atom. The smallest absolute Gasteiger partial charge is 0.252 e. The van der Waals surface area contributed by atoms with Gasteiger partial charge in [-0.3, -0.25) is 9.48 Å². The zero-order valence-electron chi connectivity index (χ0n) is 13.9. The van der Waals surface area contributed by atoms with E-state index in [2.05, 4.69) is 20.4 Å². The fourth-order valence-electron chi connectivity index (χ4n) is 3.31. The van der Waals surface area contributed by atoms with Crippen molar-refractivity contribution in [1.29, 1.82) is 0 Å². The van der Waals surface area contributed by atoms with Gasteiger partial charge in [-0.05, 0) is 31.0 Å². The van der Waals surface area contributed by atoms with Gasteiger partial charge in [0.25, 0.3) is 5.91 Å². The highest BCUT2D eigenvalue weighted by Crippen LogP contribution is 2.26. The number of hydrogen-bond acceptors (Lipinski definition) is 4. The van der Waals surface area contributed by atoms with Crippen molar-refractivity contribution in [3.63, 3.8) is 0 Å². The van der Waals surface area contributed by atoms with Crippen molar-refractivity contribution in [3.05, 3.63) is 41.3 Å². The highest BCUT2D eigenvalue weighted by Gasteiger charge is 2.21. The molecule has 1 aliphatic rings. The van der Waals surface area contributed by atoms with Crippen molar-refractivity contribution in [1.82, 2.24) is 25.1 Å². The summed E-state index contributed by atoms with van der Waals surface area (Å²) in [6.45, 7) is 0. The predicted octanol–water partition coefficient (Wildman–Crippen LogP) is 3.36. The van der Waals surface area contributed by atoms with Crippen LogP contribution in [0.5, 0.6) is 0 Å². The molecular weight excluding hydrogens is 338 g/mol. The first-order valence-corrected chi connectivity index (χ1v) is 8.75. The van der Waals surface area contributed by atoms with Crippen LogP contribution in [0, 0.1) is 0 Å². The second-order valence-electron chi connectivity index (χ2n) is 6.38. The van der Waals surface area contributed by atoms with Gasteiger partial charge in [0.05, 0.1) is 22.8 Å². The van der Waals surface area contributed by atoms with Gasteiger partial charge in [0.15, 0.2) is 5.65 Å². The van der Waals surface area contributed by atoms with Crippen LogP contribution in [0.4, 0.5) is 0 Å². The van der Waals surface area contributed by atoms with Gasteiger partial charge >= 0.3 is 0 Å². The molecule has 0 aromatic carbocycles. The first kappa shape index (κ1) is 16.0. The van der Waals surface area contributed by atoms with E-state index in [1.54, 1.807) is 29.2 Å². The summed E-state index contributed by atoms with van der Waals surface area (Å²) in [6.07, 6.45) is 7.78. The minimum absolute atomic E-state index is 0.0736. The minimum Gasteiger partial charge on any atom is -0.349 e. The van der Waals surface area contributed by atoms with Gasteiger partial charge in [-0.2, -0.15) is 5.10 Å². The van der Waals surface area contributed by atoms with Gasteiger partial charge in [-0.15, -0.1) is 0 Å². The third-order valence-corrected chi connectivity index (χ3v) is 4.89. The molecule has 0 radical (unpaired) electrons. The summed E-state index contributed by atoms with van der Waals surface area (Å²) in [7, 11) is 1.82. The Bertz CT molecular complexity index is 929. The molecule has 1 N–H and O–H groups in total. The molecule has 0 atom stereocenters. The molecular formula is C18H18ClN5O. The monoisotopic (exact) mass is 355 g/mol. The average Bonchev–Trinajstić information content (AvgIpc) is 3.25. The molecule has 0 aliphatic heterocycles. The van der Waals surface area contributed by atoms with E-state index in [0.717, 1.165) is 23.8 Å². The molecule has 0 bridgehead atoms. The molecule has 3 aromatic rings.